The van der Waals surface area contributed by atoms with Gasteiger partial charge in [-0.2, -0.15) is 0 Å². The fourth-order valence-electron chi connectivity index (χ4n) is 2.87. The molecular weight excluding hydrogens is 212 g/mol. The molecule has 3 heteroatoms. The van der Waals surface area contributed by atoms with Gasteiger partial charge < -0.3 is 4.74 Å². The van der Waals surface area contributed by atoms with E-state index in [0.29, 0.717) is 5.92 Å². The molecule has 0 saturated heterocycles. The van der Waals surface area contributed by atoms with Crippen molar-refractivity contribution in [2.45, 2.75) is 32.2 Å². The van der Waals surface area contributed by atoms with Gasteiger partial charge in [-0.05, 0) is 42.4 Å². The Hall–Kier alpha value is -1.06. The lowest BCUT2D eigenvalue weighted by Gasteiger charge is -2.23. The molecule has 0 aromatic heterocycles. The average molecular weight is 234 g/mol. The van der Waals surface area contributed by atoms with Crippen molar-refractivity contribution in [1.29, 1.82) is 0 Å². The molecule has 0 radical (unpaired) electrons. The van der Waals surface area contributed by atoms with Crippen molar-refractivity contribution >= 4 is 0 Å². The first-order valence-corrected chi connectivity index (χ1v) is 6.34. The molecule has 1 aromatic carbocycles. The fraction of sp³-hybridized carbons (Fsp3) is 0.571. The zero-order valence-corrected chi connectivity index (χ0v) is 10.6. The van der Waals surface area contributed by atoms with Gasteiger partial charge in [-0.1, -0.05) is 25.5 Å². The van der Waals surface area contributed by atoms with E-state index in [1.54, 1.807) is 7.11 Å². The highest BCUT2D eigenvalue weighted by molar-refractivity contribution is 5.29. The fourth-order valence-corrected chi connectivity index (χ4v) is 2.87. The largest absolute Gasteiger partial charge is 0.497 e. The molecule has 0 amide bonds. The first-order chi connectivity index (χ1) is 8.24. The van der Waals surface area contributed by atoms with Gasteiger partial charge in [0.2, 0.25) is 0 Å². The molecule has 0 spiro atoms. The third-order valence-corrected chi connectivity index (χ3v) is 3.86. The molecule has 3 N–H and O–H groups in total. The molecule has 94 valence electrons. The van der Waals surface area contributed by atoms with Crippen LogP contribution in [0.3, 0.4) is 0 Å². The predicted molar refractivity (Wildman–Crippen MR) is 69.6 cm³/mol. The van der Waals surface area contributed by atoms with Gasteiger partial charge >= 0.3 is 0 Å². The summed E-state index contributed by atoms with van der Waals surface area (Å²) in [6.45, 7) is 2.32. The molecule has 2 rings (SSSR count). The van der Waals surface area contributed by atoms with Crippen LogP contribution in [0.2, 0.25) is 0 Å². The molecule has 3 atom stereocenters. The van der Waals surface area contributed by atoms with E-state index >= 15 is 0 Å². The number of ether oxygens (including phenoxy) is 1. The van der Waals surface area contributed by atoms with E-state index in [-0.39, 0.29) is 6.04 Å². The van der Waals surface area contributed by atoms with Crippen LogP contribution in [0, 0.1) is 11.8 Å². The summed E-state index contributed by atoms with van der Waals surface area (Å²) in [5.41, 5.74) is 4.23. The van der Waals surface area contributed by atoms with E-state index in [0.717, 1.165) is 11.7 Å². The van der Waals surface area contributed by atoms with E-state index in [2.05, 4.69) is 24.5 Å². The van der Waals surface area contributed by atoms with E-state index in [1.165, 1.54) is 24.8 Å². The maximum atomic E-state index is 5.72. The quantitative estimate of drug-likeness (QED) is 0.622. The van der Waals surface area contributed by atoms with Crippen molar-refractivity contribution in [3.8, 4) is 5.75 Å². The number of hydrogen-bond donors (Lipinski definition) is 2. The highest BCUT2D eigenvalue weighted by Gasteiger charge is 2.29. The number of benzene rings is 1. The Morgan fingerprint density at radius 1 is 1.29 bits per heavy atom. The van der Waals surface area contributed by atoms with Crippen LogP contribution in [0.15, 0.2) is 24.3 Å². The normalized spacial score (nSPS) is 25.8. The summed E-state index contributed by atoms with van der Waals surface area (Å²) in [7, 11) is 1.69. The lowest BCUT2D eigenvalue weighted by atomic mass is 9.91. The predicted octanol–water partition coefficient (Wildman–Crippen LogP) is 2.64. The minimum atomic E-state index is 0.269. The topological polar surface area (TPSA) is 47.3 Å². The first kappa shape index (κ1) is 12.4. The smallest absolute Gasteiger partial charge is 0.118 e. The molecule has 1 aliphatic rings. The van der Waals surface area contributed by atoms with Crippen molar-refractivity contribution in [2.75, 3.05) is 7.11 Å². The van der Waals surface area contributed by atoms with Crippen LogP contribution in [0.4, 0.5) is 0 Å². The third kappa shape index (κ3) is 2.79. The summed E-state index contributed by atoms with van der Waals surface area (Å²) in [5, 5.41) is 0. The van der Waals surface area contributed by atoms with Gasteiger partial charge in [-0.15, -0.1) is 0 Å². The van der Waals surface area contributed by atoms with Crippen molar-refractivity contribution < 1.29 is 4.74 Å². The van der Waals surface area contributed by atoms with E-state index in [1.807, 2.05) is 12.1 Å². The summed E-state index contributed by atoms with van der Waals surface area (Å²) in [5.74, 6) is 8.10. The molecule has 3 unspecified atom stereocenters. The molecule has 3 nitrogen and oxygen atoms in total. The summed E-state index contributed by atoms with van der Waals surface area (Å²) in [4.78, 5) is 0. The molecule has 1 saturated carbocycles. The van der Waals surface area contributed by atoms with Crippen LogP contribution in [-0.4, -0.2) is 7.11 Å². The van der Waals surface area contributed by atoms with Crippen LogP contribution in [0.25, 0.3) is 0 Å². The third-order valence-electron chi connectivity index (χ3n) is 3.86. The standard InChI is InChI=1S/C14H22N2O/c1-10-3-4-12(9-10)14(16-15)11-5-7-13(17-2)8-6-11/h5-8,10,12,14,16H,3-4,9,15H2,1-2H3. The van der Waals surface area contributed by atoms with Crippen LogP contribution in [0.5, 0.6) is 5.75 Å². The maximum absolute atomic E-state index is 5.72. The summed E-state index contributed by atoms with van der Waals surface area (Å²) >= 11 is 0. The number of nitrogens with two attached hydrogens (primary N) is 1. The number of nitrogens with one attached hydrogen (secondary N) is 1. The minimum absolute atomic E-state index is 0.269. The summed E-state index contributed by atoms with van der Waals surface area (Å²) < 4.78 is 5.17. The van der Waals surface area contributed by atoms with Crippen molar-refractivity contribution in [3.63, 3.8) is 0 Å². The second-order valence-corrected chi connectivity index (χ2v) is 5.10. The molecule has 1 aliphatic carbocycles. The van der Waals surface area contributed by atoms with Crippen LogP contribution >= 0.6 is 0 Å². The van der Waals surface area contributed by atoms with Crippen LogP contribution in [-0.2, 0) is 0 Å². The Labute approximate surface area is 103 Å². The molecule has 0 bridgehead atoms. The van der Waals surface area contributed by atoms with E-state index in [9.17, 15) is 0 Å². The second-order valence-electron chi connectivity index (χ2n) is 5.10. The van der Waals surface area contributed by atoms with Gasteiger partial charge in [-0.25, -0.2) is 0 Å². The second kappa shape index (κ2) is 5.52. The summed E-state index contributed by atoms with van der Waals surface area (Å²) in [6, 6.07) is 8.47. The summed E-state index contributed by atoms with van der Waals surface area (Å²) in [6.07, 6.45) is 3.85. The van der Waals surface area contributed by atoms with Crippen molar-refractivity contribution in [3.05, 3.63) is 29.8 Å². The molecule has 1 fully saturated rings. The van der Waals surface area contributed by atoms with Gasteiger partial charge in [0, 0.05) is 6.04 Å². The number of hydrazine groups is 1. The zero-order chi connectivity index (χ0) is 12.3. The van der Waals surface area contributed by atoms with E-state index in [4.69, 9.17) is 10.6 Å². The minimum Gasteiger partial charge on any atom is -0.497 e. The van der Waals surface area contributed by atoms with E-state index < -0.39 is 0 Å². The van der Waals surface area contributed by atoms with Gasteiger partial charge in [0.25, 0.3) is 0 Å². The van der Waals surface area contributed by atoms with Gasteiger partial charge in [0.1, 0.15) is 5.75 Å². The Kier molecular flexibility index (Phi) is 4.02. The maximum Gasteiger partial charge on any atom is 0.118 e. The highest BCUT2D eigenvalue weighted by atomic mass is 16.5. The van der Waals surface area contributed by atoms with Gasteiger partial charge in [-0.3, -0.25) is 11.3 Å². The molecule has 0 heterocycles. The Bertz CT molecular complexity index is 350. The molecule has 1 aromatic rings. The number of hydrogen-bond acceptors (Lipinski definition) is 3. The van der Waals surface area contributed by atoms with Gasteiger partial charge in [0.15, 0.2) is 0 Å². The Morgan fingerprint density at radius 3 is 2.47 bits per heavy atom. The molecule has 0 aliphatic heterocycles. The average Bonchev–Trinajstić information content (AvgIpc) is 2.78. The Morgan fingerprint density at radius 2 is 2.00 bits per heavy atom. The molecular formula is C14H22N2O. The molecule has 17 heavy (non-hydrogen) atoms. The van der Waals surface area contributed by atoms with Gasteiger partial charge in [0.05, 0.1) is 7.11 Å². The Balaban J connectivity index is 2.11. The van der Waals surface area contributed by atoms with Crippen LogP contribution < -0.4 is 16.0 Å². The number of rotatable bonds is 4. The lowest BCUT2D eigenvalue weighted by Crippen LogP contribution is -2.32. The SMILES string of the molecule is COc1ccc(C(NN)C2CCC(C)C2)cc1. The monoisotopic (exact) mass is 234 g/mol. The van der Waals surface area contributed by atoms with Crippen LogP contribution in [0.1, 0.15) is 37.8 Å². The lowest BCUT2D eigenvalue weighted by molar-refractivity contribution is 0.363. The first-order valence-electron chi connectivity index (χ1n) is 6.34. The zero-order valence-electron chi connectivity index (χ0n) is 10.6. The van der Waals surface area contributed by atoms with Crippen molar-refractivity contribution in [1.82, 2.24) is 5.43 Å². The number of methoxy groups -OCH3 is 1. The highest BCUT2D eigenvalue weighted by Crippen LogP contribution is 2.38. The van der Waals surface area contributed by atoms with Crippen molar-refractivity contribution in [2.24, 2.45) is 17.7 Å².